The summed E-state index contributed by atoms with van der Waals surface area (Å²) in [5.74, 6) is 1.41. The molecule has 2 aromatic heterocycles. The van der Waals surface area contributed by atoms with Gasteiger partial charge in [0.2, 0.25) is 5.91 Å². The molecular weight excluding hydrogens is 466 g/mol. The summed E-state index contributed by atoms with van der Waals surface area (Å²) < 4.78 is 8.01. The number of nitrogens with zero attached hydrogens (tertiary/aromatic N) is 5. The average Bonchev–Trinajstić information content (AvgIpc) is 3.66. The molecule has 0 N–H and O–H groups in total. The normalized spacial score (nSPS) is 20.0. The summed E-state index contributed by atoms with van der Waals surface area (Å²) in [6, 6.07) is 15.0. The van der Waals surface area contributed by atoms with Crippen LogP contribution in [-0.4, -0.2) is 75.1 Å². The van der Waals surface area contributed by atoms with Gasteiger partial charge in [-0.2, -0.15) is 0 Å². The fourth-order valence-electron chi connectivity index (χ4n) is 4.66. The molecule has 1 aromatic carbocycles. The minimum Gasteiger partial charge on any atom is -0.376 e. The smallest absolute Gasteiger partial charge is 0.233 e. The second kappa shape index (κ2) is 11.0. The van der Waals surface area contributed by atoms with E-state index in [0.717, 1.165) is 68.0 Å². The molecule has 34 heavy (non-hydrogen) atoms. The van der Waals surface area contributed by atoms with Crippen LogP contribution < -0.4 is 0 Å². The van der Waals surface area contributed by atoms with Gasteiger partial charge < -0.3 is 9.64 Å². The van der Waals surface area contributed by atoms with E-state index < -0.39 is 0 Å². The van der Waals surface area contributed by atoms with Crippen LogP contribution >= 0.6 is 23.1 Å². The number of hydrogen-bond donors (Lipinski definition) is 0. The van der Waals surface area contributed by atoms with Crippen LogP contribution in [0.1, 0.15) is 31.4 Å². The van der Waals surface area contributed by atoms with E-state index in [1.807, 2.05) is 11.0 Å². The minimum atomic E-state index is 0.168. The van der Waals surface area contributed by atoms with Crippen molar-refractivity contribution in [3.8, 4) is 10.7 Å². The first-order valence-corrected chi connectivity index (χ1v) is 13.8. The van der Waals surface area contributed by atoms with Crippen LogP contribution in [0.25, 0.3) is 10.7 Å². The monoisotopic (exact) mass is 497 g/mol. The molecule has 4 heterocycles. The van der Waals surface area contributed by atoms with Crippen molar-refractivity contribution in [3.05, 3.63) is 53.4 Å². The van der Waals surface area contributed by atoms with Gasteiger partial charge in [-0.25, -0.2) is 0 Å². The number of thiophene rings is 1. The van der Waals surface area contributed by atoms with Crippen molar-refractivity contribution in [2.45, 2.75) is 43.6 Å². The summed E-state index contributed by atoms with van der Waals surface area (Å²) in [5.41, 5.74) is 1.32. The number of carbonyl (C=O) groups excluding carboxylic acids is 1. The van der Waals surface area contributed by atoms with Crippen molar-refractivity contribution in [1.29, 1.82) is 0 Å². The number of thioether (sulfide) groups is 1. The van der Waals surface area contributed by atoms with E-state index in [2.05, 4.69) is 68.4 Å². The molecule has 0 aliphatic carbocycles. The Kier molecular flexibility index (Phi) is 7.63. The Morgan fingerprint density at radius 3 is 2.68 bits per heavy atom. The molecule has 2 aliphatic rings. The maximum Gasteiger partial charge on any atom is 0.233 e. The number of ether oxygens (including phenoxy) is 1. The predicted molar refractivity (Wildman–Crippen MR) is 136 cm³/mol. The van der Waals surface area contributed by atoms with E-state index in [0.29, 0.717) is 11.8 Å². The Hall–Kier alpha value is -2.20. The van der Waals surface area contributed by atoms with Crippen LogP contribution in [0, 0.1) is 0 Å². The molecule has 0 bridgehead atoms. The fourth-order valence-corrected chi connectivity index (χ4v) is 6.23. The van der Waals surface area contributed by atoms with Crippen molar-refractivity contribution >= 4 is 29.0 Å². The summed E-state index contributed by atoms with van der Waals surface area (Å²) in [6.07, 6.45) is 2.33. The second-order valence-electron chi connectivity index (χ2n) is 8.82. The van der Waals surface area contributed by atoms with Crippen LogP contribution in [0.5, 0.6) is 0 Å². The van der Waals surface area contributed by atoms with E-state index >= 15 is 0 Å². The third kappa shape index (κ3) is 5.38. The number of aromatic nitrogens is 3. The first-order valence-electron chi connectivity index (χ1n) is 12.0. The SMILES string of the molecule is C[C@H](c1ccccc1)N1CCN(C(=O)CSc2nnc(-c3cccs3)n2C[C@@H]2CCCO2)CC1. The van der Waals surface area contributed by atoms with E-state index in [4.69, 9.17) is 4.74 Å². The van der Waals surface area contributed by atoms with Gasteiger partial charge in [-0.05, 0) is 36.8 Å². The fraction of sp³-hybridized carbons (Fsp3) is 0.480. The molecule has 0 unspecified atom stereocenters. The largest absolute Gasteiger partial charge is 0.376 e. The van der Waals surface area contributed by atoms with Gasteiger partial charge in [0.15, 0.2) is 11.0 Å². The standard InChI is InChI=1S/C25H31N5O2S2/c1-19(20-7-3-2-4-8-20)28-11-13-29(14-12-28)23(31)18-34-25-27-26-24(22-10-6-16-33-22)30(25)17-21-9-5-15-32-21/h2-4,6-8,10,16,19,21H,5,9,11-15,17-18H2,1H3/t19-,21+/m1/s1. The number of rotatable bonds is 8. The van der Waals surface area contributed by atoms with Gasteiger partial charge in [0.1, 0.15) is 0 Å². The molecule has 9 heteroatoms. The third-order valence-corrected chi connectivity index (χ3v) is 8.51. The zero-order valence-corrected chi connectivity index (χ0v) is 21.1. The second-order valence-corrected chi connectivity index (χ2v) is 10.7. The summed E-state index contributed by atoms with van der Waals surface area (Å²) in [4.78, 5) is 18.6. The van der Waals surface area contributed by atoms with Crippen molar-refractivity contribution in [2.24, 2.45) is 0 Å². The van der Waals surface area contributed by atoms with Crippen molar-refractivity contribution in [1.82, 2.24) is 24.6 Å². The molecule has 1 amide bonds. The third-order valence-electron chi connectivity index (χ3n) is 6.69. The highest BCUT2D eigenvalue weighted by Gasteiger charge is 2.26. The Morgan fingerprint density at radius 2 is 1.97 bits per heavy atom. The Morgan fingerprint density at radius 1 is 1.15 bits per heavy atom. The summed E-state index contributed by atoms with van der Waals surface area (Å²) in [7, 11) is 0. The molecule has 3 aromatic rings. The van der Waals surface area contributed by atoms with E-state index in [-0.39, 0.29) is 12.0 Å². The lowest BCUT2D eigenvalue weighted by atomic mass is 10.1. The molecule has 180 valence electrons. The lowest BCUT2D eigenvalue weighted by Crippen LogP contribution is -2.49. The van der Waals surface area contributed by atoms with Gasteiger partial charge in [-0.1, -0.05) is 48.2 Å². The van der Waals surface area contributed by atoms with Crippen LogP contribution in [0.2, 0.25) is 0 Å². The van der Waals surface area contributed by atoms with Gasteiger partial charge in [0.25, 0.3) is 0 Å². The maximum atomic E-state index is 13.0. The first-order chi connectivity index (χ1) is 16.7. The van der Waals surface area contributed by atoms with Crippen LogP contribution in [0.15, 0.2) is 53.0 Å². The Bertz CT molecular complexity index is 1060. The van der Waals surface area contributed by atoms with Crippen molar-refractivity contribution < 1.29 is 9.53 Å². The summed E-state index contributed by atoms with van der Waals surface area (Å²) in [5, 5.41) is 11.8. The highest BCUT2D eigenvalue weighted by Crippen LogP contribution is 2.29. The molecule has 5 rings (SSSR count). The van der Waals surface area contributed by atoms with Crippen LogP contribution in [0.3, 0.4) is 0 Å². The quantitative estimate of drug-likeness (QED) is 0.435. The summed E-state index contributed by atoms with van der Waals surface area (Å²) >= 11 is 3.14. The van der Waals surface area contributed by atoms with Gasteiger partial charge in [0, 0.05) is 38.8 Å². The van der Waals surface area contributed by atoms with E-state index in [9.17, 15) is 4.79 Å². The summed E-state index contributed by atoms with van der Waals surface area (Å²) in [6.45, 7) is 7.10. The molecular formula is C25H31N5O2S2. The number of piperazine rings is 1. The Balaban J connectivity index is 1.19. The lowest BCUT2D eigenvalue weighted by molar-refractivity contribution is -0.130. The average molecular weight is 498 g/mol. The van der Waals surface area contributed by atoms with Crippen LogP contribution in [-0.2, 0) is 16.1 Å². The lowest BCUT2D eigenvalue weighted by Gasteiger charge is -2.38. The number of hydrogen-bond acceptors (Lipinski definition) is 7. The zero-order chi connectivity index (χ0) is 23.3. The Labute approximate surface area is 209 Å². The van der Waals surface area contributed by atoms with E-state index in [1.165, 1.54) is 17.3 Å². The number of benzene rings is 1. The van der Waals surface area contributed by atoms with Crippen molar-refractivity contribution in [3.63, 3.8) is 0 Å². The molecule has 2 atom stereocenters. The first kappa shape index (κ1) is 23.5. The molecule has 2 fully saturated rings. The molecule has 7 nitrogen and oxygen atoms in total. The highest BCUT2D eigenvalue weighted by atomic mass is 32.2. The van der Waals surface area contributed by atoms with Crippen molar-refractivity contribution in [2.75, 3.05) is 38.5 Å². The van der Waals surface area contributed by atoms with Crippen LogP contribution in [0.4, 0.5) is 0 Å². The minimum absolute atomic E-state index is 0.168. The number of amides is 1. The highest BCUT2D eigenvalue weighted by molar-refractivity contribution is 7.99. The van der Waals surface area contributed by atoms with Gasteiger partial charge >= 0.3 is 0 Å². The molecule has 2 saturated heterocycles. The molecule has 2 aliphatic heterocycles. The molecule has 0 saturated carbocycles. The molecule has 0 radical (unpaired) electrons. The number of carbonyl (C=O) groups is 1. The zero-order valence-electron chi connectivity index (χ0n) is 19.5. The maximum absolute atomic E-state index is 13.0. The van der Waals surface area contributed by atoms with Gasteiger partial charge in [0.05, 0.1) is 23.3 Å². The topological polar surface area (TPSA) is 63.5 Å². The van der Waals surface area contributed by atoms with Gasteiger partial charge in [-0.15, -0.1) is 21.5 Å². The van der Waals surface area contributed by atoms with E-state index in [1.54, 1.807) is 11.3 Å². The van der Waals surface area contributed by atoms with Gasteiger partial charge in [-0.3, -0.25) is 14.3 Å². The predicted octanol–water partition coefficient (Wildman–Crippen LogP) is 4.18. The molecule has 0 spiro atoms.